The molecule has 0 unspecified atom stereocenters. The third-order valence-corrected chi connectivity index (χ3v) is 0.899. The highest BCUT2D eigenvalue weighted by molar-refractivity contribution is 5.95. The summed E-state index contributed by atoms with van der Waals surface area (Å²) in [5.41, 5.74) is 4.63. The van der Waals surface area contributed by atoms with Crippen LogP contribution in [0.3, 0.4) is 0 Å². The standard InChI is InChI=1S/C5H10N4O3/c1-7-5(12)8-2-3(10)9-4(6)11/h2H2,1H3,(H2,7,8,12)(H3,6,9,10,11). The van der Waals surface area contributed by atoms with E-state index < -0.39 is 18.0 Å². The molecule has 0 fully saturated rings. The van der Waals surface area contributed by atoms with E-state index in [1.807, 2.05) is 0 Å². The average molecular weight is 174 g/mol. The van der Waals surface area contributed by atoms with Crippen molar-refractivity contribution >= 4 is 18.0 Å². The van der Waals surface area contributed by atoms with Gasteiger partial charge in [-0.1, -0.05) is 0 Å². The third-order valence-electron chi connectivity index (χ3n) is 0.899. The lowest BCUT2D eigenvalue weighted by molar-refractivity contribution is -0.118. The highest BCUT2D eigenvalue weighted by atomic mass is 16.2. The fraction of sp³-hybridized carbons (Fsp3) is 0.400. The zero-order chi connectivity index (χ0) is 9.56. The maximum absolute atomic E-state index is 10.6. The van der Waals surface area contributed by atoms with Crippen LogP contribution in [0, 0.1) is 0 Å². The fourth-order valence-electron chi connectivity index (χ4n) is 0.431. The normalized spacial score (nSPS) is 8.42. The summed E-state index contributed by atoms with van der Waals surface area (Å²) < 4.78 is 0. The molecule has 0 aromatic carbocycles. The summed E-state index contributed by atoms with van der Waals surface area (Å²) in [6.07, 6.45) is 0. The van der Waals surface area contributed by atoms with Gasteiger partial charge in [-0.15, -0.1) is 0 Å². The molecule has 12 heavy (non-hydrogen) atoms. The number of rotatable bonds is 2. The molecule has 0 atom stereocenters. The first-order chi connectivity index (χ1) is 5.56. The van der Waals surface area contributed by atoms with E-state index in [9.17, 15) is 14.4 Å². The van der Waals surface area contributed by atoms with Crippen LogP contribution in [-0.4, -0.2) is 31.6 Å². The molecule has 0 heterocycles. The maximum Gasteiger partial charge on any atom is 0.318 e. The number of hydrogen-bond donors (Lipinski definition) is 4. The first-order valence-corrected chi connectivity index (χ1v) is 3.11. The first-order valence-electron chi connectivity index (χ1n) is 3.11. The maximum atomic E-state index is 10.6. The number of nitrogens with one attached hydrogen (secondary N) is 3. The Hall–Kier alpha value is -1.79. The van der Waals surface area contributed by atoms with Crippen LogP contribution in [0.2, 0.25) is 0 Å². The molecule has 0 spiro atoms. The summed E-state index contributed by atoms with van der Waals surface area (Å²) in [6, 6.07) is -1.45. The van der Waals surface area contributed by atoms with E-state index in [1.54, 1.807) is 5.32 Å². The van der Waals surface area contributed by atoms with Gasteiger partial charge in [-0.05, 0) is 0 Å². The Balaban J connectivity index is 3.57. The van der Waals surface area contributed by atoms with Crippen molar-refractivity contribution in [1.82, 2.24) is 16.0 Å². The van der Waals surface area contributed by atoms with Crippen LogP contribution in [0.5, 0.6) is 0 Å². The van der Waals surface area contributed by atoms with Crippen LogP contribution < -0.4 is 21.7 Å². The highest BCUT2D eigenvalue weighted by Crippen LogP contribution is 1.65. The van der Waals surface area contributed by atoms with E-state index in [2.05, 4.69) is 16.4 Å². The molecule has 0 aliphatic rings. The second kappa shape index (κ2) is 4.94. The monoisotopic (exact) mass is 174 g/mol. The molecular weight excluding hydrogens is 164 g/mol. The molecule has 0 saturated carbocycles. The van der Waals surface area contributed by atoms with E-state index in [-0.39, 0.29) is 6.54 Å². The summed E-state index contributed by atoms with van der Waals surface area (Å²) in [6.45, 7) is -0.289. The predicted octanol–water partition coefficient (Wildman–Crippen LogP) is -1.89. The Morgan fingerprint density at radius 1 is 1.33 bits per heavy atom. The number of imide groups is 1. The van der Waals surface area contributed by atoms with E-state index >= 15 is 0 Å². The highest BCUT2D eigenvalue weighted by Gasteiger charge is 2.04. The first kappa shape index (κ1) is 10.2. The van der Waals surface area contributed by atoms with Crippen LogP contribution in [0.25, 0.3) is 0 Å². The average Bonchev–Trinajstić information content (AvgIpc) is 1.99. The van der Waals surface area contributed by atoms with Gasteiger partial charge in [-0.25, -0.2) is 9.59 Å². The summed E-state index contributed by atoms with van der Waals surface area (Å²) in [7, 11) is 1.40. The van der Waals surface area contributed by atoms with E-state index in [4.69, 9.17) is 0 Å². The van der Waals surface area contributed by atoms with Crippen molar-refractivity contribution in [3.05, 3.63) is 0 Å². The van der Waals surface area contributed by atoms with Crippen LogP contribution in [0.1, 0.15) is 0 Å². The fourth-order valence-corrected chi connectivity index (χ4v) is 0.431. The quantitative estimate of drug-likeness (QED) is 0.392. The number of amides is 5. The molecule has 0 aliphatic carbocycles. The largest absolute Gasteiger partial charge is 0.351 e. The van der Waals surface area contributed by atoms with E-state index in [1.165, 1.54) is 7.05 Å². The molecule has 0 saturated heterocycles. The van der Waals surface area contributed by atoms with Crippen molar-refractivity contribution in [1.29, 1.82) is 0 Å². The number of carbonyl (C=O) groups is 3. The van der Waals surface area contributed by atoms with Crippen LogP contribution in [-0.2, 0) is 4.79 Å². The number of nitrogens with two attached hydrogens (primary N) is 1. The Morgan fingerprint density at radius 3 is 2.33 bits per heavy atom. The molecule has 0 aromatic heterocycles. The lowest BCUT2D eigenvalue weighted by atomic mass is 10.6. The van der Waals surface area contributed by atoms with Gasteiger partial charge in [-0.2, -0.15) is 0 Å². The van der Waals surface area contributed by atoms with Gasteiger partial charge in [0.2, 0.25) is 5.91 Å². The molecule has 0 aliphatic heterocycles. The number of urea groups is 2. The van der Waals surface area contributed by atoms with Crippen molar-refractivity contribution in [3.8, 4) is 0 Å². The lowest BCUT2D eigenvalue weighted by Gasteiger charge is -2.02. The molecule has 0 radical (unpaired) electrons. The number of hydrogen-bond acceptors (Lipinski definition) is 3. The molecule has 5 amide bonds. The molecule has 0 rings (SSSR count). The topological polar surface area (TPSA) is 113 Å². The van der Waals surface area contributed by atoms with Gasteiger partial charge in [0.25, 0.3) is 0 Å². The minimum absolute atomic E-state index is 0.289. The van der Waals surface area contributed by atoms with Crippen LogP contribution in [0.15, 0.2) is 0 Å². The van der Waals surface area contributed by atoms with Gasteiger partial charge in [0.05, 0.1) is 6.54 Å². The molecule has 5 N–H and O–H groups in total. The molecule has 68 valence electrons. The van der Waals surface area contributed by atoms with Crippen molar-refractivity contribution in [3.63, 3.8) is 0 Å². The number of carbonyl (C=O) groups excluding carboxylic acids is 3. The zero-order valence-corrected chi connectivity index (χ0v) is 6.51. The molecule has 0 bridgehead atoms. The van der Waals surface area contributed by atoms with Crippen molar-refractivity contribution in [2.24, 2.45) is 5.73 Å². The van der Waals surface area contributed by atoms with Crippen molar-refractivity contribution < 1.29 is 14.4 Å². The molecular formula is C5H10N4O3. The predicted molar refractivity (Wildman–Crippen MR) is 40.2 cm³/mol. The van der Waals surface area contributed by atoms with Gasteiger partial charge >= 0.3 is 12.1 Å². The van der Waals surface area contributed by atoms with Crippen LogP contribution >= 0.6 is 0 Å². The molecule has 7 nitrogen and oxygen atoms in total. The Morgan fingerprint density at radius 2 is 1.92 bits per heavy atom. The SMILES string of the molecule is CNC(=O)NCC(=O)NC(N)=O. The van der Waals surface area contributed by atoms with Crippen LogP contribution in [0.4, 0.5) is 9.59 Å². The second-order valence-electron chi connectivity index (χ2n) is 1.85. The van der Waals surface area contributed by atoms with Crippen molar-refractivity contribution in [2.75, 3.05) is 13.6 Å². The third kappa shape index (κ3) is 5.03. The minimum atomic E-state index is -0.946. The Labute approximate surface area is 68.7 Å². The zero-order valence-electron chi connectivity index (χ0n) is 6.51. The Bertz CT molecular complexity index is 203. The van der Waals surface area contributed by atoms with E-state index in [0.29, 0.717) is 0 Å². The van der Waals surface area contributed by atoms with Gasteiger partial charge in [0.1, 0.15) is 0 Å². The second-order valence-corrected chi connectivity index (χ2v) is 1.85. The van der Waals surface area contributed by atoms with E-state index in [0.717, 1.165) is 0 Å². The summed E-state index contributed by atoms with van der Waals surface area (Å²) in [5.74, 6) is -0.661. The van der Waals surface area contributed by atoms with Gasteiger partial charge < -0.3 is 16.4 Å². The molecule has 0 aromatic rings. The van der Waals surface area contributed by atoms with Gasteiger partial charge in [0, 0.05) is 7.05 Å². The minimum Gasteiger partial charge on any atom is -0.351 e. The smallest absolute Gasteiger partial charge is 0.318 e. The van der Waals surface area contributed by atoms with Gasteiger partial charge in [0.15, 0.2) is 0 Å². The number of primary amides is 1. The lowest BCUT2D eigenvalue weighted by Crippen LogP contribution is -2.44. The summed E-state index contributed by atoms with van der Waals surface area (Å²) in [5, 5.41) is 6.17. The summed E-state index contributed by atoms with van der Waals surface area (Å²) >= 11 is 0. The van der Waals surface area contributed by atoms with Crippen molar-refractivity contribution in [2.45, 2.75) is 0 Å². The summed E-state index contributed by atoms with van der Waals surface area (Å²) in [4.78, 5) is 31.2. The Kier molecular flexibility index (Phi) is 4.20. The molecule has 7 heteroatoms. The van der Waals surface area contributed by atoms with Gasteiger partial charge in [-0.3, -0.25) is 10.1 Å².